The van der Waals surface area contributed by atoms with Gasteiger partial charge in [0.05, 0.1) is 10.9 Å². The van der Waals surface area contributed by atoms with Crippen LogP contribution in [0.1, 0.15) is 25.3 Å². The average molecular weight is 430 g/mol. The number of hydrogen-bond donors (Lipinski definition) is 0. The molecule has 2 aromatic rings. The fraction of sp³-hybridized carbons (Fsp3) is 0.318. The fourth-order valence-corrected chi connectivity index (χ4v) is 6.79. The van der Waals surface area contributed by atoms with Gasteiger partial charge in [-0.1, -0.05) is 47.7 Å². The van der Waals surface area contributed by atoms with Gasteiger partial charge in [-0.2, -0.15) is 4.31 Å². The van der Waals surface area contributed by atoms with Crippen LogP contribution in [0, 0.1) is 6.92 Å². The van der Waals surface area contributed by atoms with Crippen LogP contribution in [0.2, 0.25) is 0 Å². The van der Waals surface area contributed by atoms with Crippen LogP contribution in [0.25, 0.3) is 0 Å². The zero-order valence-corrected chi connectivity index (χ0v) is 18.0. The third kappa shape index (κ3) is 3.74. The molecule has 0 amide bonds. The van der Waals surface area contributed by atoms with E-state index >= 15 is 0 Å². The number of nitrogens with zero attached hydrogens (tertiary/aromatic N) is 1. The molecular weight excluding hydrogens is 406 g/mol. The Morgan fingerprint density at radius 1 is 1.10 bits per heavy atom. The van der Waals surface area contributed by atoms with Gasteiger partial charge in [0.2, 0.25) is 10.0 Å². The number of hydrogen-bond acceptors (Lipinski definition) is 5. The topological polar surface area (TPSA) is 63.7 Å². The maximum absolute atomic E-state index is 13.4. The summed E-state index contributed by atoms with van der Waals surface area (Å²) in [5, 5.41) is 0. The Morgan fingerprint density at radius 2 is 1.79 bits per heavy atom. The van der Waals surface area contributed by atoms with Crippen molar-refractivity contribution in [1.29, 1.82) is 0 Å². The first-order valence-corrected chi connectivity index (χ1v) is 11.8. The molecule has 0 spiro atoms. The van der Waals surface area contributed by atoms with Gasteiger partial charge in [0.25, 0.3) is 0 Å². The van der Waals surface area contributed by atoms with E-state index in [1.54, 1.807) is 24.3 Å². The van der Waals surface area contributed by atoms with Crippen molar-refractivity contribution in [1.82, 2.24) is 4.31 Å². The summed E-state index contributed by atoms with van der Waals surface area (Å²) in [7, 11) is -3.69. The maximum Gasteiger partial charge on any atom is 0.332 e. The molecule has 1 fully saturated rings. The first-order valence-electron chi connectivity index (χ1n) is 9.57. The van der Waals surface area contributed by atoms with Crippen LogP contribution in [0.15, 0.2) is 75.4 Å². The lowest BCUT2D eigenvalue weighted by Gasteiger charge is -2.37. The summed E-state index contributed by atoms with van der Waals surface area (Å²) in [5.41, 5.74) is -0.00522. The maximum atomic E-state index is 13.4. The van der Waals surface area contributed by atoms with Gasteiger partial charge < -0.3 is 4.74 Å². The lowest BCUT2D eigenvalue weighted by Crippen LogP contribution is -2.51. The van der Waals surface area contributed by atoms with Crippen LogP contribution in [0.3, 0.4) is 0 Å². The summed E-state index contributed by atoms with van der Waals surface area (Å²) in [6.45, 7) is 4.16. The summed E-state index contributed by atoms with van der Waals surface area (Å²) in [6, 6.07) is 16.1. The van der Waals surface area contributed by atoms with Gasteiger partial charge >= 0.3 is 5.97 Å². The standard InChI is InChI=1S/C22H23NO4S2/c1-16-10-12-18(13-11-16)29(25,26)23-14-6-9-19(23)22(2)20(15-21(24)27-22)28-17-7-4-3-5-8-17/h3-5,7-8,10-13,15,19H,6,9,14H2,1-2H3/t19-,22-/m0/s1. The van der Waals surface area contributed by atoms with Gasteiger partial charge in [-0.3, -0.25) is 0 Å². The number of benzene rings is 2. The Balaban J connectivity index is 1.67. The molecule has 0 radical (unpaired) electrons. The van der Waals surface area contributed by atoms with E-state index in [-0.39, 0.29) is 4.90 Å². The van der Waals surface area contributed by atoms with Gasteiger partial charge in [-0.05, 0) is 51.0 Å². The van der Waals surface area contributed by atoms with E-state index in [0.717, 1.165) is 21.8 Å². The molecule has 0 saturated carbocycles. The zero-order valence-electron chi connectivity index (χ0n) is 16.4. The van der Waals surface area contributed by atoms with E-state index < -0.39 is 27.6 Å². The SMILES string of the molecule is Cc1ccc(S(=O)(=O)N2CCC[C@H]2[C@]2(C)OC(=O)C=C2Sc2ccccc2)cc1. The summed E-state index contributed by atoms with van der Waals surface area (Å²) < 4.78 is 34.0. The molecule has 0 N–H and O–H groups in total. The number of sulfonamides is 1. The monoisotopic (exact) mass is 429 g/mol. The Morgan fingerprint density at radius 3 is 2.48 bits per heavy atom. The number of ether oxygens (including phenoxy) is 1. The highest BCUT2D eigenvalue weighted by molar-refractivity contribution is 8.03. The zero-order chi connectivity index (χ0) is 20.6. The molecule has 2 heterocycles. The molecule has 4 rings (SSSR count). The van der Waals surface area contributed by atoms with Crippen molar-refractivity contribution in [3.8, 4) is 0 Å². The molecule has 2 aliphatic rings. The van der Waals surface area contributed by atoms with Gasteiger partial charge in [-0.25, -0.2) is 13.2 Å². The van der Waals surface area contributed by atoms with Crippen molar-refractivity contribution < 1.29 is 17.9 Å². The van der Waals surface area contributed by atoms with Crippen LogP contribution < -0.4 is 0 Å². The third-order valence-electron chi connectivity index (χ3n) is 5.49. The van der Waals surface area contributed by atoms with Gasteiger partial charge in [0, 0.05) is 22.4 Å². The molecule has 5 nitrogen and oxygen atoms in total. The van der Waals surface area contributed by atoms with Crippen LogP contribution in [0.4, 0.5) is 0 Å². The molecule has 2 aromatic carbocycles. The second-order valence-electron chi connectivity index (χ2n) is 7.54. The molecule has 0 aromatic heterocycles. The largest absolute Gasteiger partial charge is 0.449 e. The summed E-state index contributed by atoms with van der Waals surface area (Å²) in [6.07, 6.45) is 2.86. The van der Waals surface area contributed by atoms with Gasteiger partial charge in [0.1, 0.15) is 0 Å². The number of thioether (sulfide) groups is 1. The number of carbonyl (C=O) groups excluding carboxylic acids is 1. The number of aryl methyl sites for hydroxylation is 1. The first-order chi connectivity index (χ1) is 13.8. The minimum atomic E-state index is -3.69. The predicted octanol–water partition coefficient (Wildman–Crippen LogP) is 4.14. The van der Waals surface area contributed by atoms with Crippen LogP contribution in [0.5, 0.6) is 0 Å². The molecule has 29 heavy (non-hydrogen) atoms. The predicted molar refractivity (Wildman–Crippen MR) is 113 cm³/mol. The normalized spacial score (nSPS) is 25.1. The molecule has 7 heteroatoms. The molecule has 1 saturated heterocycles. The minimum Gasteiger partial charge on any atom is -0.449 e. The first kappa shape index (κ1) is 20.2. The summed E-state index contributed by atoms with van der Waals surface area (Å²) >= 11 is 1.45. The number of esters is 1. The van der Waals surface area contributed by atoms with E-state index in [9.17, 15) is 13.2 Å². The number of rotatable bonds is 5. The lowest BCUT2D eigenvalue weighted by atomic mass is 9.95. The van der Waals surface area contributed by atoms with Crippen LogP contribution >= 0.6 is 11.8 Å². The molecular formula is C22H23NO4S2. The molecule has 0 bridgehead atoms. The highest BCUT2D eigenvalue weighted by atomic mass is 32.2. The number of cyclic esters (lactones) is 1. The van der Waals surface area contributed by atoms with Crippen molar-refractivity contribution in [2.24, 2.45) is 0 Å². The van der Waals surface area contributed by atoms with E-state index in [2.05, 4.69) is 0 Å². The van der Waals surface area contributed by atoms with Crippen molar-refractivity contribution in [2.45, 2.75) is 48.1 Å². The molecule has 2 atom stereocenters. The second-order valence-corrected chi connectivity index (χ2v) is 10.5. The third-order valence-corrected chi connectivity index (χ3v) is 8.66. The smallest absolute Gasteiger partial charge is 0.332 e. The summed E-state index contributed by atoms with van der Waals surface area (Å²) in [4.78, 5) is 14.2. The van der Waals surface area contributed by atoms with Crippen molar-refractivity contribution in [3.05, 3.63) is 71.1 Å². The lowest BCUT2D eigenvalue weighted by molar-refractivity contribution is -0.147. The van der Waals surface area contributed by atoms with Crippen molar-refractivity contribution >= 4 is 27.8 Å². The Hall–Kier alpha value is -2.09. The molecule has 0 aliphatic carbocycles. The molecule has 2 aliphatic heterocycles. The quantitative estimate of drug-likeness (QED) is 0.669. The van der Waals surface area contributed by atoms with E-state index in [1.165, 1.54) is 22.1 Å². The Bertz CT molecular complexity index is 1050. The average Bonchev–Trinajstić information content (AvgIpc) is 3.29. The Kier molecular flexibility index (Phi) is 5.31. The van der Waals surface area contributed by atoms with Gasteiger partial charge in [0.15, 0.2) is 5.60 Å². The van der Waals surface area contributed by atoms with Crippen LogP contribution in [-0.2, 0) is 19.6 Å². The van der Waals surface area contributed by atoms with Crippen molar-refractivity contribution in [2.75, 3.05) is 6.54 Å². The van der Waals surface area contributed by atoms with Gasteiger partial charge in [-0.15, -0.1) is 0 Å². The minimum absolute atomic E-state index is 0.268. The van der Waals surface area contributed by atoms with Crippen LogP contribution in [-0.4, -0.2) is 36.9 Å². The highest BCUT2D eigenvalue weighted by Crippen LogP contribution is 2.47. The molecule has 152 valence electrons. The van der Waals surface area contributed by atoms with E-state index in [4.69, 9.17) is 4.74 Å². The van der Waals surface area contributed by atoms with Crippen molar-refractivity contribution in [3.63, 3.8) is 0 Å². The van der Waals surface area contributed by atoms with E-state index in [1.807, 2.05) is 44.2 Å². The second kappa shape index (κ2) is 7.63. The number of carbonyl (C=O) groups is 1. The molecule has 0 unspecified atom stereocenters. The highest BCUT2D eigenvalue weighted by Gasteiger charge is 2.53. The fourth-order valence-electron chi connectivity index (χ4n) is 3.94. The Labute approximate surface area is 175 Å². The summed E-state index contributed by atoms with van der Waals surface area (Å²) in [5.74, 6) is -0.425. The van der Waals surface area contributed by atoms with E-state index in [0.29, 0.717) is 13.0 Å².